The number of rotatable bonds is 6. The maximum atomic E-state index is 11.8. The smallest absolute Gasteiger partial charge is 0.317 e. The van der Waals surface area contributed by atoms with Crippen molar-refractivity contribution in [2.75, 3.05) is 13.1 Å². The van der Waals surface area contributed by atoms with Crippen LogP contribution in [0.4, 0.5) is 4.79 Å². The van der Waals surface area contributed by atoms with E-state index in [1.54, 1.807) is 20.8 Å². The molecule has 0 radical (unpaired) electrons. The molecule has 0 heterocycles. The Balaban J connectivity index is 4.39. The zero-order chi connectivity index (χ0) is 13.5. The Bertz CT molecular complexity index is 320. The van der Waals surface area contributed by atoms with Crippen molar-refractivity contribution in [1.29, 1.82) is 5.26 Å². The average molecular weight is 241 g/mol. The molecule has 2 N–H and O–H groups in total. The van der Waals surface area contributed by atoms with Crippen molar-refractivity contribution in [3.05, 3.63) is 0 Å². The van der Waals surface area contributed by atoms with E-state index in [2.05, 4.69) is 5.32 Å². The van der Waals surface area contributed by atoms with Crippen LogP contribution in [0.15, 0.2) is 0 Å². The lowest BCUT2D eigenvalue weighted by atomic mass is 10.0. The van der Waals surface area contributed by atoms with Gasteiger partial charge in [-0.2, -0.15) is 5.26 Å². The predicted molar refractivity (Wildman–Crippen MR) is 62.3 cm³/mol. The highest BCUT2D eigenvalue weighted by molar-refractivity contribution is 5.76. The molecular formula is C11H19N3O3. The van der Waals surface area contributed by atoms with Crippen molar-refractivity contribution in [3.63, 3.8) is 0 Å². The standard InChI is InChI=1S/C11H19N3O3/c1-4-14(7-5-6-12)10(17)13-11(2,3)8-9(15)16/h4-5,7-8H2,1-3H3,(H,13,17)(H,15,16). The second-order valence-electron chi connectivity index (χ2n) is 4.37. The molecule has 0 aliphatic rings. The van der Waals surface area contributed by atoms with E-state index in [1.165, 1.54) is 4.90 Å². The first-order valence-corrected chi connectivity index (χ1v) is 5.48. The zero-order valence-electron chi connectivity index (χ0n) is 10.5. The van der Waals surface area contributed by atoms with Gasteiger partial charge < -0.3 is 15.3 Å². The van der Waals surface area contributed by atoms with Crippen molar-refractivity contribution < 1.29 is 14.7 Å². The molecule has 2 amide bonds. The Morgan fingerprint density at radius 3 is 2.47 bits per heavy atom. The van der Waals surface area contributed by atoms with Gasteiger partial charge in [0.25, 0.3) is 0 Å². The minimum absolute atomic E-state index is 0.144. The zero-order valence-corrected chi connectivity index (χ0v) is 10.5. The molecule has 0 atom stereocenters. The minimum atomic E-state index is -0.963. The normalized spacial score (nSPS) is 10.5. The lowest BCUT2D eigenvalue weighted by Gasteiger charge is -2.29. The minimum Gasteiger partial charge on any atom is -0.481 e. The van der Waals surface area contributed by atoms with Crippen molar-refractivity contribution in [3.8, 4) is 6.07 Å². The molecule has 0 saturated heterocycles. The SMILES string of the molecule is CCN(CCC#N)C(=O)NC(C)(C)CC(=O)O. The summed E-state index contributed by atoms with van der Waals surface area (Å²) in [5.74, 6) is -0.963. The molecule has 0 rings (SSSR count). The molecular weight excluding hydrogens is 222 g/mol. The largest absolute Gasteiger partial charge is 0.481 e. The van der Waals surface area contributed by atoms with Gasteiger partial charge in [0.2, 0.25) is 0 Å². The number of hydrogen-bond donors (Lipinski definition) is 2. The lowest BCUT2D eigenvalue weighted by molar-refractivity contribution is -0.138. The van der Waals surface area contributed by atoms with E-state index >= 15 is 0 Å². The number of carbonyl (C=O) groups is 2. The Morgan fingerprint density at radius 2 is 2.06 bits per heavy atom. The van der Waals surface area contributed by atoms with Crippen LogP contribution in [0.5, 0.6) is 0 Å². The average Bonchev–Trinajstić information content (AvgIpc) is 2.15. The van der Waals surface area contributed by atoms with Gasteiger partial charge >= 0.3 is 12.0 Å². The van der Waals surface area contributed by atoms with Gasteiger partial charge in [-0.15, -0.1) is 0 Å². The van der Waals surface area contributed by atoms with Crippen LogP contribution < -0.4 is 5.32 Å². The monoisotopic (exact) mass is 241 g/mol. The summed E-state index contributed by atoms with van der Waals surface area (Å²) in [6.07, 6.45) is 0.120. The third kappa shape index (κ3) is 6.40. The van der Waals surface area contributed by atoms with E-state index < -0.39 is 11.5 Å². The molecule has 0 aliphatic carbocycles. The fourth-order valence-electron chi connectivity index (χ4n) is 1.38. The summed E-state index contributed by atoms with van der Waals surface area (Å²) >= 11 is 0. The maximum Gasteiger partial charge on any atom is 0.317 e. The first-order valence-electron chi connectivity index (χ1n) is 5.48. The molecule has 0 unspecified atom stereocenters. The number of nitrogens with zero attached hydrogens (tertiary/aromatic N) is 2. The van der Waals surface area contributed by atoms with Crippen LogP contribution >= 0.6 is 0 Å². The number of carboxylic acid groups (broad SMARTS) is 1. The molecule has 0 bridgehead atoms. The Morgan fingerprint density at radius 1 is 1.47 bits per heavy atom. The second kappa shape index (κ2) is 6.74. The van der Waals surface area contributed by atoms with E-state index in [4.69, 9.17) is 10.4 Å². The number of amides is 2. The summed E-state index contributed by atoms with van der Waals surface area (Å²) in [7, 11) is 0. The Hall–Kier alpha value is -1.77. The molecule has 0 saturated carbocycles. The number of urea groups is 1. The molecule has 0 aromatic rings. The van der Waals surface area contributed by atoms with Gasteiger partial charge in [0.1, 0.15) is 0 Å². The fourth-order valence-corrected chi connectivity index (χ4v) is 1.38. The van der Waals surface area contributed by atoms with Crippen LogP contribution in [0, 0.1) is 11.3 Å². The maximum absolute atomic E-state index is 11.8. The Labute approximate surface area is 101 Å². The number of nitriles is 1. The summed E-state index contributed by atoms with van der Waals surface area (Å²) in [5, 5.41) is 19.8. The van der Waals surface area contributed by atoms with Crippen LogP contribution in [-0.4, -0.2) is 40.6 Å². The van der Waals surface area contributed by atoms with Crippen LogP contribution in [0.2, 0.25) is 0 Å². The van der Waals surface area contributed by atoms with Crippen LogP contribution in [0.25, 0.3) is 0 Å². The topological polar surface area (TPSA) is 93.4 Å². The van der Waals surface area contributed by atoms with Crippen LogP contribution in [0.3, 0.4) is 0 Å². The molecule has 0 aromatic carbocycles. The molecule has 0 fully saturated rings. The Kier molecular flexibility index (Phi) is 6.03. The highest BCUT2D eigenvalue weighted by Crippen LogP contribution is 2.09. The number of hydrogen-bond acceptors (Lipinski definition) is 3. The molecule has 6 nitrogen and oxygen atoms in total. The van der Waals surface area contributed by atoms with Gasteiger partial charge in [0.05, 0.1) is 18.9 Å². The molecule has 0 aliphatic heterocycles. The molecule has 0 spiro atoms. The third-order valence-electron chi connectivity index (χ3n) is 2.20. The second-order valence-corrected chi connectivity index (χ2v) is 4.37. The summed E-state index contributed by atoms with van der Waals surface area (Å²) in [5.41, 5.74) is -0.803. The molecule has 96 valence electrons. The summed E-state index contributed by atoms with van der Waals surface area (Å²) in [6, 6.07) is 1.63. The number of carbonyl (C=O) groups excluding carboxylic acids is 1. The first-order chi connectivity index (χ1) is 7.82. The van der Waals surface area contributed by atoms with Crippen molar-refractivity contribution in [2.24, 2.45) is 0 Å². The highest BCUT2D eigenvalue weighted by atomic mass is 16.4. The van der Waals surface area contributed by atoms with Gasteiger partial charge in [0.15, 0.2) is 0 Å². The van der Waals surface area contributed by atoms with E-state index in [0.29, 0.717) is 13.1 Å². The summed E-state index contributed by atoms with van der Waals surface area (Å²) in [6.45, 7) is 5.94. The third-order valence-corrected chi connectivity index (χ3v) is 2.20. The molecule has 0 aromatic heterocycles. The van der Waals surface area contributed by atoms with Crippen LogP contribution in [0.1, 0.15) is 33.6 Å². The highest BCUT2D eigenvalue weighted by Gasteiger charge is 2.25. The van der Waals surface area contributed by atoms with E-state index in [-0.39, 0.29) is 18.9 Å². The van der Waals surface area contributed by atoms with Gasteiger partial charge in [0, 0.05) is 18.6 Å². The van der Waals surface area contributed by atoms with Crippen LogP contribution in [-0.2, 0) is 4.79 Å². The number of nitrogens with one attached hydrogen (secondary N) is 1. The first kappa shape index (κ1) is 15.2. The molecule has 6 heteroatoms. The van der Waals surface area contributed by atoms with E-state index in [9.17, 15) is 9.59 Å². The predicted octanol–water partition coefficient (Wildman–Crippen LogP) is 1.18. The number of aliphatic carboxylic acids is 1. The van der Waals surface area contributed by atoms with E-state index in [1.807, 2.05) is 6.07 Å². The summed E-state index contributed by atoms with van der Waals surface area (Å²) < 4.78 is 0. The number of carboxylic acids is 1. The van der Waals surface area contributed by atoms with Gasteiger partial charge in [-0.1, -0.05) is 0 Å². The van der Waals surface area contributed by atoms with E-state index in [0.717, 1.165) is 0 Å². The van der Waals surface area contributed by atoms with Crippen molar-refractivity contribution >= 4 is 12.0 Å². The lowest BCUT2D eigenvalue weighted by Crippen LogP contribution is -2.51. The molecule has 17 heavy (non-hydrogen) atoms. The van der Waals surface area contributed by atoms with Gasteiger partial charge in [-0.3, -0.25) is 4.79 Å². The van der Waals surface area contributed by atoms with Gasteiger partial charge in [-0.25, -0.2) is 4.79 Å². The van der Waals surface area contributed by atoms with Gasteiger partial charge in [-0.05, 0) is 20.8 Å². The fraction of sp³-hybridized carbons (Fsp3) is 0.727. The van der Waals surface area contributed by atoms with Crippen molar-refractivity contribution in [1.82, 2.24) is 10.2 Å². The quantitative estimate of drug-likeness (QED) is 0.730. The van der Waals surface area contributed by atoms with Crippen molar-refractivity contribution in [2.45, 2.75) is 39.2 Å². The summed E-state index contributed by atoms with van der Waals surface area (Å²) in [4.78, 5) is 23.9.